The summed E-state index contributed by atoms with van der Waals surface area (Å²) in [5.41, 5.74) is 10.4. The summed E-state index contributed by atoms with van der Waals surface area (Å²) >= 11 is 0. The fourth-order valence-electron chi connectivity index (χ4n) is 7.29. The zero-order chi connectivity index (χ0) is 34.9. The molecule has 0 saturated carbocycles. The van der Waals surface area contributed by atoms with E-state index >= 15 is 0 Å². The van der Waals surface area contributed by atoms with Crippen LogP contribution in [0.5, 0.6) is 0 Å². The van der Waals surface area contributed by atoms with Crippen LogP contribution < -0.4 is 0 Å². The molecule has 7 heteroatoms. The average Bonchev–Trinajstić information content (AvgIpc) is 3.94. The fraction of sp³-hybridized carbons (Fsp3) is 0. The Bertz CT molecular complexity index is 3140. The van der Waals surface area contributed by atoms with E-state index in [-0.39, 0.29) is 0 Å². The second-order valence-electron chi connectivity index (χ2n) is 13.0. The zero-order valence-corrected chi connectivity index (χ0v) is 28.0. The maximum Gasteiger partial charge on any atom is 0.227 e. The van der Waals surface area contributed by atoms with Crippen LogP contribution in [-0.4, -0.2) is 19.9 Å². The maximum absolute atomic E-state index is 6.43. The van der Waals surface area contributed by atoms with Gasteiger partial charge in [-0.2, -0.15) is 0 Å². The van der Waals surface area contributed by atoms with Crippen LogP contribution in [0, 0.1) is 0 Å². The standard InChI is InChI=1S/C46H26N4O3/c1-2-10-28(11-3-1)43-48-44(32-13-8-18-39-41(32)31-12-4-6-16-36(31)51-39)50-45(49-43)33-14-9-19-40-42(33)34-26-30(24-25-37(34)52-40)27-20-22-29(23-21-27)46-47-35-15-5-7-17-38(35)53-46/h1-26H. The number of benzene rings is 7. The van der Waals surface area contributed by atoms with Crippen molar-refractivity contribution in [3.63, 3.8) is 0 Å². The Morgan fingerprint density at radius 1 is 0.321 bits per heavy atom. The van der Waals surface area contributed by atoms with Crippen LogP contribution in [0.25, 0.3) is 112 Å². The van der Waals surface area contributed by atoms with E-state index in [0.29, 0.717) is 23.4 Å². The first-order valence-corrected chi connectivity index (χ1v) is 17.4. The van der Waals surface area contributed by atoms with Gasteiger partial charge in [0.25, 0.3) is 0 Å². The van der Waals surface area contributed by atoms with Gasteiger partial charge in [0.15, 0.2) is 23.1 Å². The number of oxazole rings is 1. The van der Waals surface area contributed by atoms with Gasteiger partial charge in [0.05, 0.1) is 0 Å². The van der Waals surface area contributed by atoms with Gasteiger partial charge in [0, 0.05) is 43.8 Å². The Kier molecular flexibility index (Phi) is 6.42. The number of hydrogen-bond donors (Lipinski definition) is 0. The number of hydrogen-bond acceptors (Lipinski definition) is 7. The van der Waals surface area contributed by atoms with Crippen LogP contribution in [-0.2, 0) is 0 Å². The van der Waals surface area contributed by atoms with Crippen molar-refractivity contribution in [2.75, 3.05) is 0 Å². The monoisotopic (exact) mass is 682 g/mol. The number of furan rings is 2. The van der Waals surface area contributed by atoms with Crippen LogP contribution in [0.2, 0.25) is 0 Å². The first-order valence-electron chi connectivity index (χ1n) is 17.4. The molecule has 4 aromatic heterocycles. The van der Waals surface area contributed by atoms with Crippen LogP contribution in [0.4, 0.5) is 0 Å². The third-order valence-electron chi connectivity index (χ3n) is 9.81. The molecule has 0 radical (unpaired) electrons. The van der Waals surface area contributed by atoms with Crippen molar-refractivity contribution in [2.24, 2.45) is 0 Å². The molecule has 0 saturated heterocycles. The minimum absolute atomic E-state index is 0.556. The summed E-state index contributed by atoms with van der Waals surface area (Å²) in [6.45, 7) is 0. The van der Waals surface area contributed by atoms with Crippen LogP contribution in [0.3, 0.4) is 0 Å². The molecule has 0 aliphatic rings. The molecule has 248 valence electrons. The summed E-state index contributed by atoms with van der Waals surface area (Å²) in [4.78, 5) is 20.0. The second kappa shape index (κ2) is 11.6. The molecule has 0 bridgehead atoms. The lowest BCUT2D eigenvalue weighted by Gasteiger charge is -2.10. The molecule has 0 aliphatic carbocycles. The molecular formula is C46H26N4O3. The predicted molar refractivity (Wildman–Crippen MR) is 209 cm³/mol. The van der Waals surface area contributed by atoms with Gasteiger partial charge in [-0.05, 0) is 65.7 Å². The topological polar surface area (TPSA) is 91.0 Å². The van der Waals surface area contributed by atoms with Crippen LogP contribution in [0.15, 0.2) is 171 Å². The molecule has 53 heavy (non-hydrogen) atoms. The van der Waals surface area contributed by atoms with E-state index in [9.17, 15) is 0 Å². The largest absolute Gasteiger partial charge is 0.456 e. The van der Waals surface area contributed by atoms with E-state index in [1.165, 1.54) is 0 Å². The van der Waals surface area contributed by atoms with E-state index in [4.69, 9.17) is 28.2 Å². The third kappa shape index (κ3) is 4.82. The lowest BCUT2D eigenvalue weighted by Crippen LogP contribution is -2.00. The number of aromatic nitrogens is 4. The SMILES string of the molecule is c1ccc(-c2nc(-c3cccc4oc5ccccc5c34)nc(-c3cccc4oc5ccc(-c6ccc(-c7nc8ccccc8o7)cc6)cc5c34)n2)cc1. The van der Waals surface area contributed by atoms with Gasteiger partial charge in [0.1, 0.15) is 27.8 Å². The molecule has 0 spiro atoms. The summed E-state index contributed by atoms with van der Waals surface area (Å²) in [7, 11) is 0. The highest BCUT2D eigenvalue weighted by Gasteiger charge is 2.21. The molecule has 7 aromatic carbocycles. The molecule has 0 atom stereocenters. The summed E-state index contributed by atoms with van der Waals surface area (Å²) in [6.07, 6.45) is 0. The first kappa shape index (κ1) is 29.4. The Labute approximate surface area is 301 Å². The highest BCUT2D eigenvalue weighted by atomic mass is 16.3. The molecule has 11 aromatic rings. The Morgan fingerprint density at radius 2 is 0.887 bits per heavy atom. The molecular weight excluding hydrogens is 657 g/mol. The fourth-order valence-corrected chi connectivity index (χ4v) is 7.29. The lowest BCUT2D eigenvalue weighted by atomic mass is 9.99. The molecule has 11 rings (SSSR count). The Morgan fingerprint density at radius 3 is 1.62 bits per heavy atom. The summed E-state index contributed by atoms with van der Waals surface area (Å²) in [6, 6.07) is 52.5. The van der Waals surface area contributed by atoms with Crippen molar-refractivity contribution in [1.82, 2.24) is 19.9 Å². The van der Waals surface area contributed by atoms with Gasteiger partial charge in [0.2, 0.25) is 5.89 Å². The smallest absolute Gasteiger partial charge is 0.227 e. The van der Waals surface area contributed by atoms with Crippen molar-refractivity contribution < 1.29 is 13.3 Å². The lowest BCUT2D eigenvalue weighted by molar-refractivity contribution is 0.620. The highest BCUT2D eigenvalue weighted by molar-refractivity contribution is 6.14. The minimum Gasteiger partial charge on any atom is -0.456 e. The van der Waals surface area contributed by atoms with Gasteiger partial charge in [-0.15, -0.1) is 0 Å². The minimum atomic E-state index is 0.556. The number of fused-ring (bicyclic) bond motifs is 7. The van der Waals surface area contributed by atoms with Crippen molar-refractivity contribution >= 4 is 55.0 Å². The van der Waals surface area contributed by atoms with E-state index < -0.39 is 0 Å². The first-order chi connectivity index (χ1) is 26.2. The molecule has 0 amide bonds. The second-order valence-corrected chi connectivity index (χ2v) is 13.0. The van der Waals surface area contributed by atoms with Gasteiger partial charge in [-0.25, -0.2) is 19.9 Å². The summed E-state index contributed by atoms with van der Waals surface area (Å²) < 4.78 is 18.7. The molecule has 0 N–H and O–H groups in total. The van der Waals surface area contributed by atoms with Gasteiger partial charge >= 0.3 is 0 Å². The third-order valence-corrected chi connectivity index (χ3v) is 9.81. The van der Waals surface area contributed by atoms with Crippen LogP contribution >= 0.6 is 0 Å². The molecule has 0 fully saturated rings. The predicted octanol–water partition coefficient (Wildman–Crippen LogP) is 12.1. The zero-order valence-electron chi connectivity index (χ0n) is 28.0. The number of para-hydroxylation sites is 3. The number of nitrogens with zero attached hydrogens (tertiary/aromatic N) is 4. The van der Waals surface area contributed by atoms with Gasteiger partial charge in [-0.3, -0.25) is 0 Å². The van der Waals surface area contributed by atoms with E-state index in [1.54, 1.807) is 0 Å². The normalized spacial score (nSPS) is 11.8. The molecule has 0 aliphatic heterocycles. The Balaban J connectivity index is 1.07. The van der Waals surface area contributed by atoms with Crippen molar-refractivity contribution in [2.45, 2.75) is 0 Å². The van der Waals surface area contributed by atoms with Gasteiger partial charge < -0.3 is 13.3 Å². The van der Waals surface area contributed by atoms with E-state index in [0.717, 1.165) is 88.4 Å². The molecule has 4 heterocycles. The summed E-state index contributed by atoms with van der Waals surface area (Å²) in [5.74, 6) is 2.30. The van der Waals surface area contributed by atoms with Crippen LogP contribution in [0.1, 0.15) is 0 Å². The van der Waals surface area contributed by atoms with Crippen molar-refractivity contribution in [3.8, 4) is 56.7 Å². The quantitative estimate of drug-likeness (QED) is 0.178. The molecule has 0 unspecified atom stereocenters. The highest BCUT2D eigenvalue weighted by Crippen LogP contribution is 2.40. The number of rotatable bonds is 5. The van der Waals surface area contributed by atoms with E-state index in [1.807, 2.05) is 121 Å². The average molecular weight is 683 g/mol. The Hall–Kier alpha value is -7.38. The summed E-state index contributed by atoms with van der Waals surface area (Å²) in [5, 5.41) is 3.90. The molecule has 7 nitrogen and oxygen atoms in total. The van der Waals surface area contributed by atoms with Crippen molar-refractivity contribution in [3.05, 3.63) is 158 Å². The van der Waals surface area contributed by atoms with E-state index in [2.05, 4.69) is 41.4 Å². The van der Waals surface area contributed by atoms with Gasteiger partial charge in [-0.1, -0.05) is 103 Å². The van der Waals surface area contributed by atoms with Crippen molar-refractivity contribution in [1.29, 1.82) is 0 Å². The maximum atomic E-state index is 6.43.